The van der Waals surface area contributed by atoms with Gasteiger partial charge < -0.3 is 5.11 Å². The molecule has 0 amide bonds. The van der Waals surface area contributed by atoms with E-state index in [2.05, 4.69) is 19.9 Å². The highest BCUT2D eigenvalue weighted by Gasteiger charge is 2.25. The Morgan fingerprint density at radius 3 is 2.45 bits per heavy atom. The van der Waals surface area contributed by atoms with Crippen LogP contribution in [-0.2, 0) is 5.41 Å². The van der Waals surface area contributed by atoms with Crippen LogP contribution in [0.5, 0.6) is 5.75 Å². The number of phenols is 1. The highest BCUT2D eigenvalue weighted by Crippen LogP contribution is 2.30. The van der Waals surface area contributed by atoms with Crippen LogP contribution >= 0.6 is 0 Å². The van der Waals surface area contributed by atoms with Gasteiger partial charge in [-0.3, -0.25) is 9.97 Å². The molecule has 0 atom stereocenters. The van der Waals surface area contributed by atoms with Gasteiger partial charge in [-0.05, 0) is 17.7 Å². The first-order valence-electron chi connectivity index (χ1n) is 6.22. The van der Waals surface area contributed by atoms with Crippen molar-refractivity contribution >= 4 is 11.3 Å². The molecule has 3 N–H and O–H groups in total. The van der Waals surface area contributed by atoms with Crippen molar-refractivity contribution < 1.29 is 5.11 Å². The molecule has 3 aromatic rings. The van der Waals surface area contributed by atoms with Crippen molar-refractivity contribution in [3.63, 3.8) is 0 Å². The standard InChI is InChI=1S/C14H14N4O2/c1-14(2,8-3-5-9(19)6-4-8)10-7-15-11-12(16-10)18-13(20)17-11/h3-7,19H,1-2H3,(H2,15,16,17,18,20). The zero-order valence-electron chi connectivity index (χ0n) is 11.1. The maximum Gasteiger partial charge on any atom is 0.326 e. The van der Waals surface area contributed by atoms with Crippen molar-refractivity contribution in [1.82, 2.24) is 19.9 Å². The van der Waals surface area contributed by atoms with Gasteiger partial charge in [0.05, 0.1) is 11.9 Å². The molecule has 0 aliphatic carbocycles. The van der Waals surface area contributed by atoms with Crippen LogP contribution in [0.4, 0.5) is 0 Å². The quantitative estimate of drug-likeness (QED) is 0.660. The highest BCUT2D eigenvalue weighted by molar-refractivity contribution is 5.64. The largest absolute Gasteiger partial charge is 0.508 e. The first kappa shape index (κ1) is 12.4. The smallest absolute Gasteiger partial charge is 0.326 e. The summed E-state index contributed by atoms with van der Waals surface area (Å²) in [4.78, 5) is 25.1. The fourth-order valence-corrected chi connectivity index (χ4v) is 2.14. The van der Waals surface area contributed by atoms with E-state index in [-0.39, 0.29) is 16.9 Å². The normalized spacial score (nSPS) is 11.9. The number of hydrogen-bond acceptors (Lipinski definition) is 4. The van der Waals surface area contributed by atoms with Crippen LogP contribution in [0.25, 0.3) is 11.3 Å². The molecule has 0 spiro atoms. The van der Waals surface area contributed by atoms with Crippen molar-refractivity contribution in [2.24, 2.45) is 0 Å². The van der Waals surface area contributed by atoms with E-state index in [4.69, 9.17) is 0 Å². The molecule has 2 heterocycles. The lowest BCUT2D eigenvalue weighted by atomic mass is 9.82. The number of H-pyrrole nitrogens is 2. The van der Waals surface area contributed by atoms with Crippen molar-refractivity contribution in [1.29, 1.82) is 0 Å². The van der Waals surface area contributed by atoms with Gasteiger partial charge in [-0.2, -0.15) is 0 Å². The minimum atomic E-state index is -0.386. The fraction of sp³-hybridized carbons (Fsp3) is 0.214. The van der Waals surface area contributed by atoms with Crippen molar-refractivity contribution in [2.75, 3.05) is 0 Å². The van der Waals surface area contributed by atoms with Gasteiger partial charge in [-0.15, -0.1) is 0 Å². The van der Waals surface area contributed by atoms with Crippen LogP contribution in [0.1, 0.15) is 25.1 Å². The summed E-state index contributed by atoms with van der Waals surface area (Å²) in [5.41, 5.74) is 1.93. The average molecular weight is 270 g/mol. The lowest BCUT2D eigenvalue weighted by Gasteiger charge is -2.24. The third kappa shape index (κ3) is 1.95. The third-order valence-electron chi connectivity index (χ3n) is 3.47. The lowest BCUT2D eigenvalue weighted by Crippen LogP contribution is -2.20. The van der Waals surface area contributed by atoms with E-state index in [1.165, 1.54) is 0 Å². The maximum absolute atomic E-state index is 11.2. The zero-order valence-corrected chi connectivity index (χ0v) is 11.1. The molecule has 0 saturated carbocycles. The van der Waals surface area contributed by atoms with Crippen molar-refractivity contribution in [2.45, 2.75) is 19.3 Å². The molecule has 0 radical (unpaired) electrons. The Labute approximate surface area is 114 Å². The highest BCUT2D eigenvalue weighted by atomic mass is 16.3. The lowest BCUT2D eigenvalue weighted by molar-refractivity contribution is 0.474. The summed E-state index contributed by atoms with van der Waals surface area (Å²) in [6, 6.07) is 6.98. The minimum absolute atomic E-state index is 0.223. The molecule has 2 aromatic heterocycles. The van der Waals surface area contributed by atoms with E-state index in [9.17, 15) is 9.90 Å². The van der Waals surface area contributed by atoms with Gasteiger partial charge in [0, 0.05) is 5.41 Å². The predicted molar refractivity (Wildman–Crippen MR) is 74.7 cm³/mol. The summed E-state index contributed by atoms with van der Waals surface area (Å²) >= 11 is 0. The summed E-state index contributed by atoms with van der Waals surface area (Å²) in [6.45, 7) is 4.03. The Balaban J connectivity index is 2.12. The van der Waals surface area contributed by atoms with E-state index in [0.717, 1.165) is 11.3 Å². The molecule has 0 aliphatic heterocycles. The first-order chi connectivity index (χ1) is 9.46. The van der Waals surface area contributed by atoms with Crippen molar-refractivity contribution in [3.8, 4) is 5.75 Å². The zero-order chi connectivity index (χ0) is 14.3. The van der Waals surface area contributed by atoms with Gasteiger partial charge in [0.1, 0.15) is 5.75 Å². The number of benzene rings is 1. The van der Waals surface area contributed by atoms with Crippen LogP contribution in [0.3, 0.4) is 0 Å². The van der Waals surface area contributed by atoms with Gasteiger partial charge in [-0.1, -0.05) is 26.0 Å². The summed E-state index contributed by atoms with van der Waals surface area (Å²) in [5, 5.41) is 9.37. The van der Waals surface area contributed by atoms with E-state index in [0.29, 0.717) is 11.3 Å². The van der Waals surface area contributed by atoms with E-state index in [1.807, 2.05) is 26.0 Å². The summed E-state index contributed by atoms with van der Waals surface area (Å²) in [6.07, 6.45) is 1.65. The Hall–Kier alpha value is -2.63. The van der Waals surface area contributed by atoms with Crippen LogP contribution in [0, 0.1) is 0 Å². The number of aromatic nitrogens is 4. The molecular weight excluding hydrogens is 256 g/mol. The number of fused-ring (bicyclic) bond motifs is 1. The Morgan fingerprint density at radius 1 is 1.10 bits per heavy atom. The number of aromatic hydroxyl groups is 1. The summed E-state index contributed by atoms with van der Waals surface area (Å²) in [7, 11) is 0. The third-order valence-corrected chi connectivity index (χ3v) is 3.47. The fourth-order valence-electron chi connectivity index (χ4n) is 2.14. The van der Waals surface area contributed by atoms with E-state index < -0.39 is 0 Å². The molecule has 6 heteroatoms. The maximum atomic E-state index is 11.2. The number of nitrogens with zero attached hydrogens (tertiary/aromatic N) is 2. The molecule has 6 nitrogen and oxygen atoms in total. The molecule has 3 rings (SSSR count). The molecule has 102 valence electrons. The van der Waals surface area contributed by atoms with Crippen LogP contribution < -0.4 is 5.69 Å². The second-order valence-corrected chi connectivity index (χ2v) is 5.20. The minimum Gasteiger partial charge on any atom is -0.508 e. The number of nitrogens with one attached hydrogen (secondary N) is 2. The van der Waals surface area contributed by atoms with Gasteiger partial charge in [0.2, 0.25) is 0 Å². The van der Waals surface area contributed by atoms with Gasteiger partial charge in [0.15, 0.2) is 11.3 Å². The van der Waals surface area contributed by atoms with E-state index >= 15 is 0 Å². The SMILES string of the molecule is CC(C)(c1ccc(O)cc1)c1cnc2[nH]c(=O)[nH]c2n1. The van der Waals surface area contributed by atoms with Crippen LogP contribution in [0.15, 0.2) is 35.3 Å². The first-order valence-corrected chi connectivity index (χ1v) is 6.22. The Bertz CT molecular complexity index is 815. The van der Waals surface area contributed by atoms with Crippen LogP contribution in [0.2, 0.25) is 0 Å². The number of aromatic amines is 2. The van der Waals surface area contributed by atoms with Gasteiger partial charge >= 0.3 is 5.69 Å². The molecule has 20 heavy (non-hydrogen) atoms. The molecule has 0 saturated heterocycles. The van der Waals surface area contributed by atoms with Crippen LogP contribution in [-0.4, -0.2) is 25.0 Å². The summed E-state index contributed by atoms with van der Waals surface area (Å²) < 4.78 is 0. The topological polar surface area (TPSA) is 94.7 Å². The molecule has 0 aliphatic rings. The molecular formula is C14H14N4O2. The Morgan fingerprint density at radius 2 is 1.75 bits per heavy atom. The number of rotatable bonds is 2. The van der Waals surface area contributed by atoms with Gasteiger partial charge in [-0.25, -0.2) is 14.8 Å². The predicted octanol–water partition coefficient (Wildman–Crippen LogP) is 1.68. The average Bonchev–Trinajstić information content (AvgIpc) is 2.78. The molecule has 1 aromatic carbocycles. The monoisotopic (exact) mass is 270 g/mol. The summed E-state index contributed by atoms with van der Waals surface area (Å²) in [5.74, 6) is 0.223. The molecule has 0 unspecified atom stereocenters. The molecule has 0 fully saturated rings. The molecule has 0 bridgehead atoms. The second kappa shape index (κ2) is 4.19. The number of imidazole rings is 1. The van der Waals surface area contributed by atoms with Gasteiger partial charge in [0.25, 0.3) is 0 Å². The Kier molecular flexibility index (Phi) is 2.60. The number of phenolic OH excluding ortho intramolecular Hbond substituents is 1. The number of hydrogen-bond donors (Lipinski definition) is 3. The van der Waals surface area contributed by atoms with Crippen molar-refractivity contribution in [3.05, 3.63) is 52.2 Å². The second-order valence-electron chi connectivity index (χ2n) is 5.20. The van der Waals surface area contributed by atoms with E-state index in [1.54, 1.807) is 18.3 Å².